The van der Waals surface area contributed by atoms with Gasteiger partial charge in [0.1, 0.15) is 11.5 Å². The second-order valence-electron chi connectivity index (χ2n) is 13.6. The predicted molar refractivity (Wildman–Crippen MR) is 148 cm³/mol. The minimum absolute atomic E-state index is 0.162. The van der Waals surface area contributed by atoms with Crippen LogP contribution in [0.1, 0.15) is 123 Å². The number of aromatic nitrogens is 2. The summed E-state index contributed by atoms with van der Waals surface area (Å²) >= 11 is 0. The van der Waals surface area contributed by atoms with Crippen molar-refractivity contribution in [2.75, 3.05) is 5.32 Å². The van der Waals surface area contributed by atoms with Gasteiger partial charge in [0.15, 0.2) is 0 Å². The lowest BCUT2D eigenvalue weighted by Gasteiger charge is -2.57. The van der Waals surface area contributed by atoms with Gasteiger partial charge >= 0.3 is 5.97 Å². The first-order valence-corrected chi connectivity index (χ1v) is 15.0. The Morgan fingerprint density at radius 1 is 1.05 bits per heavy atom. The number of aromatic carboxylic acids is 1. The van der Waals surface area contributed by atoms with E-state index in [4.69, 9.17) is 4.98 Å². The van der Waals surface area contributed by atoms with Crippen molar-refractivity contribution in [3.8, 4) is 0 Å². The lowest BCUT2D eigenvalue weighted by Crippen LogP contribution is -2.46. The first kappa shape index (κ1) is 25.6. The third kappa shape index (κ3) is 5.15. The molecule has 0 spiro atoms. The summed E-state index contributed by atoms with van der Waals surface area (Å²) in [7, 11) is 0. The Bertz CT molecular complexity index is 1160. The molecule has 0 aliphatic heterocycles. The maximum atomic E-state index is 13.5. The van der Waals surface area contributed by atoms with Gasteiger partial charge in [0.2, 0.25) is 0 Å². The van der Waals surface area contributed by atoms with Gasteiger partial charge in [0.05, 0.1) is 5.56 Å². The smallest absolute Gasteiger partial charge is 0.335 e. The number of rotatable bonds is 8. The molecule has 1 aromatic heterocycles. The van der Waals surface area contributed by atoms with Crippen LogP contribution in [-0.4, -0.2) is 27.0 Å². The van der Waals surface area contributed by atoms with Gasteiger partial charge in [-0.25, -0.2) is 9.78 Å². The molecule has 5 saturated carbocycles. The number of aromatic amines is 1. The van der Waals surface area contributed by atoms with Crippen LogP contribution in [-0.2, 0) is 6.42 Å². The van der Waals surface area contributed by atoms with Crippen molar-refractivity contribution in [2.24, 2.45) is 35.0 Å². The molecule has 0 unspecified atom stereocenters. The summed E-state index contributed by atoms with van der Waals surface area (Å²) in [6.45, 7) is 4.64. The van der Waals surface area contributed by atoms with Gasteiger partial charge in [-0.15, -0.1) is 0 Å². The molecule has 0 atom stereocenters. The lowest BCUT2D eigenvalue weighted by atomic mass is 9.48. The molecule has 3 N–H and O–H groups in total. The monoisotopic (exact) mass is 517 g/mol. The molecule has 0 radical (unpaired) electrons. The van der Waals surface area contributed by atoms with Crippen LogP contribution in [0.15, 0.2) is 24.3 Å². The van der Waals surface area contributed by atoms with E-state index in [2.05, 4.69) is 24.1 Å². The average molecular weight is 518 g/mol. The quantitative estimate of drug-likeness (QED) is 0.339. The minimum atomic E-state index is -1.00. The maximum Gasteiger partial charge on any atom is 0.335 e. The van der Waals surface area contributed by atoms with E-state index in [1.54, 1.807) is 12.1 Å². The fraction of sp³-hybridized carbons (Fsp3) is 0.656. The first-order chi connectivity index (χ1) is 18.3. The van der Waals surface area contributed by atoms with E-state index in [1.807, 2.05) is 0 Å². The van der Waals surface area contributed by atoms with Crippen molar-refractivity contribution in [3.63, 3.8) is 0 Å². The second-order valence-corrected chi connectivity index (χ2v) is 13.6. The Kier molecular flexibility index (Phi) is 6.86. The van der Waals surface area contributed by atoms with Crippen LogP contribution in [0, 0.1) is 35.0 Å². The van der Waals surface area contributed by atoms with Crippen molar-refractivity contribution >= 4 is 17.6 Å². The molecular formula is C32H43N3O3. The highest BCUT2D eigenvalue weighted by atomic mass is 16.4. The van der Waals surface area contributed by atoms with Crippen molar-refractivity contribution < 1.29 is 14.7 Å². The largest absolute Gasteiger partial charge is 0.478 e. The van der Waals surface area contributed by atoms with Crippen LogP contribution in [0.5, 0.6) is 0 Å². The summed E-state index contributed by atoms with van der Waals surface area (Å²) in [5.41, 5.74) is 2.56. The second kappa shape index (κ2) is 10.2. The van der Waals surface area contributed by atoms with Crippen LogP contribution < -0.4 is 5.32 Å². The van der Waals surface area contributed by atoms with E-state index in [9.17, 15) is 14.7 Å². The van der Waals surface area contributed by atoms with E-state index >= 15 is 0 Å². The van der Waals surface area contributed by atoms with Crippen LogP contribution >= 0.6 is 0 Å². The molecule has 7 rings (SSSR count). The Labute approximate surface area is 226 Å². The number of aryl methyl sites for hydroxylation is 1. The van der Waals surface area contributed by atoms with E-state index in [-0.39, 0.29) is 11.5 Å². The zero-order valence-corrected chi connectivity index (χ0v) is 23.0. The number of nitrogens with one attached hydrogen (secondary N) is 2. The average Bonchev–Trinajstić information content (AvgIpc) is 3.32. The number of carboxylic acids is 1. The molecule has 2 aromatic rings. The summed E-state index contributed by atoms with van der Waals surface area (Å²) < 4.78 is 0. The number of amides is 1. The third-order valence-electron chi connectivity index (χ3n) is 10.6. The molecule has 1 amide bonds. The Balaban J connectivity index is 1.22. The molecule has 204 valence electrons. The molecule has 0 saturated heterocycles. The fourth-order valence-electron chi connectivity index (χ4n) is 8.96. The number of carbonyl (C=O) groups is 2. The SMILES string of the molecule is CC(C)C1CCC(c2nc(C(=O)Nc3cccc(C(=O)O)c3)c(CCC34CC5CC(CC(C5)C3)C4)[nH]2)CC1. The highest BCUT2D eigenvalue weighted by molar-refractivity contribution is 6.04. The summed E-state index contributed by atoms with van der Waals surface area (Å²) in [5.74, 6) is 4.34. The summed E-state index contributed by atoms with van der Waals surface area (Å²) in [5, 5.41) is 12.3. The number of benzene rings is 1. The Morgan fingerprint density at radius 2 is 1.71 bits per heavy atom. The van der Waals surface area contributed by atoms with Gasteiger partial charge in [0.25, 0.3) is 5.91 Å². The van der Waals surface area contributed by atoms with E-state index in [0.717, 1.165) is 60.9 Å². The van der Waals surface area contributed by atoms with Gasteiger partial charge in [-0.3, -0.25) is 4.79 Å². The van der Waals surface area contributed by atoms with Gasteiger partial charge < -0.3 is 15.4 Å². The highest BCUT2D eigenvalue weighted by Crippen LogP contribution is 2.61. The summed E-state index contributed by atoms with van der Waals surface area (Å²) in [6.07, 6.45) is 15.1. The number of hydrogen-bond donors (Lipinski definition) is 3. The van der Waals surface area contributed by atoms with Crippen molar-refractivity contribution in [1.82, 2.24) is 9.97 Å². The number of carbonyl (C=O) groups excluding carboxylic acids is 1. The van der Waals surface area contributed by atoms with E-state index < -0.39 is 5.97 Å². The summed E-state index contributed by atoms with van der Waals surface area (Å²) in [6, 6.07) is 6.45. The highest BCUT2D eigenvalue weighted by Gasteiger charge is 2.50. The van der Waals surface area contributed by atoms with Crippen LogP contribution in [0.25, 0.3) is 0 Å². The van der Waals surface area contributed by atoms with Crippen molar-refractivity contribution in [3.05, 3.63) is 47.0 Å². The van der Waals surface area contributed by atoms with Gasteiger partial charge in [-0.1, -0.05) is 19.9 Å². The van der Waals surface area contributed by atoms with E-state index in [0.29, 0.717) is 28.6 Å². The van der Waals surface area contributed by atoms with Crippen LogP contribution in [0.4, 0.5) is 5.69 Å². The van der Waals surface area contributed by atoms with Crippen molar-refractivity contribution in [1.29, 1.82) is 0 Å². The third-order valence-corrected chi connectivity index (χ3v) is 10.6. The van der Waals surface area contributed by atoms with Gasteiger partial charge in [0, 0.05) is 17.3 Å². The number of carboxylic acid groups (broad SMARTS) is 1. The number of anilines is 1. The molecule has 6 nitrogen and oxygen atoms in total. The zero-order chi connectivity index (χ0) is 26.4. The molecule has 5 fully saturated rings. The lowest BCUT2D eigenvalue weighted by molar-refractivity contribution is -0.0570. The maximum absolute atomic E-state index is 13.5. The molecule has 6 heteroatoms. The number of hydrogen-bond acceptors (Lipinski definition) is 3. The topological polar surface area (TPSA) is 95.1 Å². The van der Waals surface area contributed by atoms with Crippen LogP contribution in [0.2, 0.25) is 0 Å². The molecule has 1 heterocycles. The summed E-state index contributed by atoms with van der Waals surface area (Å²) in [4.78, 5) is 33.6. The Morgan fingerprint density at radius 3 is 2.32 bits per heavy atom. The van der Waals surface area contributed by atoms with Crippen molar-refractivity contribution in [2.45, 2.75) is 96.8 Å². The minimum Gasteiger partial charge on any atom is -0.478 e. The fourth-order valence-corrected chi connectivity index (χ4v) is 8.96. The molecule has 5 aliphatic carbocycles. The number of H-pyrrole nitrogens is 1. The first-order valence-electron chi connectivity index (χ1n) is 15.0. The predicted octanol–water partition coefficient (Wildman–Crippen LogP) is 7.44. The Hall–Kier alpha value is -2.63. The molecular weight excluding hydrogens is 474 g/mol. The molecule has 38 heavy (non-hydrogen) atoms. The van der Waals surface area contributed by atoms with Gasteiger partial charge in [-0.05, 0) is 130 Å². The number of nitrogens with zero attached hydrogens (tertiary/aromatic N) is 1. The normalized spacial score (nSPS) is 32.0. The number of imidazole rings is 1. The zero-order valence-electron chi connectivity index (χ0n) is 23.0. The molecule has 5 aliphatic rings. The molecule has 1 aromatic carbocycles. The standard InChI is InChI=1S/C32H43N3O3/c1-19(2)23-6-8-24(9-7-23)29-34-27(10-11-32-16-20-12-21(17-32)14-22(13-20)18-32)28(35-29)30(36)33-26-5-3-4-25(15-26)31(37)38/h3-5,15,19-24H,6-14,16-18H2,1-2H3,(H,33,36)(H,34,35)(H,37,38). The molecule has 4 bridgehead atoms. The van der Waals surface area contributed by atoms with Crippen LogP contribution in [0.3, 0.4) is 0 Å². The van der Waals surface area contributed by atoms with Gasteiger partial charge in [-0.2, -0.15) is 0 Å². The van der Waals surface area contributed by atoms with E-state index in [1.165, 1.54) is 63.5 Å².